The smallest absolute Gasteiger partial charge is 0.222 e. The summed E-state index contributed by atoms with van der Waals surface area (Å²) in [6.45, 7) is 2.01. The van der Waals surface area contributed by atoms with E-state index in [1.54, 1.807) is 29.7 Å². The summed E-state index contributed by atoms with van der Waals surface area (Å²) in [5.41, 5.74) is 1.74. The number of ether oxygens (including phenoxy) is 1. The van der Waals surface area contributed by atoms with Crippen molar-refractivity contribution in [3.63, 3.8) is 0 Å². The van der Waals surface area contributed by atoms with Gasteiger partial charge in [-0.05, 0) is 12.5 Å². The fourth-order valence-electron chi connectivity index (χ4n) is 1.31. The Bertz CT molecular complexity index is 321. The van der Waals surface area contributed by atoms with Crippen molar-refractivity contribution in [2.45, 2.75) is 13.3 Å². The van der Waals surface area contributed by atoms with E-state index in [0.717, 1.165) is 23.3 Å². The average Bonchev–Trinajstić information content (AvgIpc) is 2.16. The van der Waals surface area contributed by atoms with Gasteiger partial charge in [-0.3, -0.25) is 4.79 Å². The van der Waals surface area contributed by atoms with Crippen molar-refractivity contribution < 1.29 is 9.53 Å². The lowest BCUT2D eigenvalue weighted by Gasteiger charge is -2.09. The first-order chi connectivity index (χ1) is 6.20. The van der Waals surface area contributed by atoms with Crippen LogP contribution in [0.4, 0.5) is 0 Å². The Morgan fingerprint density at radius 2 is 2.23 bits per heavy atom. The third kappa shape index (κ3) is 2.21. The number of halogens is 1. The van der Waals surface area contributed by atoms with E-state index in [-0.39, 0.29) is 3.79 Å². The Hall–Kier alpha value is -0.580. The molecule has 0 saturated heterocycles. The molecule has 2 nitrogen and oxygen atoms in total. The Balaban J connectivity index is 3.27. The standard InChI is InChI=1S/C10H11IO2/c1-3-7-8(10(11)12)5-4-6-9(7)13-2/h4-6H,3H2,1-2H3. The van der Waals surface area contributed by atoms with Crippen molar-refractivity contribution in [3.8, 4) is 5.75 Å². The maximum Gasteiger partial charge on any atom is 0.222 e. The largest absolute Gasteiger partial charge is 0.496 e. The van der Waals surface area contributed by atoms with Gasteiger partial charge >= 0.3 is 0 Å². The van der Waals surface area contributed by atoms with Crippen molar-refractivity contribution >= 4 is 26.4 Å². The van der Waals surface area contributed by atoms with E-state index in [9.17, 15) is 4.79 Å². The van der Waals surface area contributed by atoms with Gasteiger partial charge in [0.25, 0.3) is 0 Å². The highest BCUT2D eigenvalue weighted by Crippen LogP contribution is 2.24. The molecule has 3 heteroatoms. The zero-order valence-corrected chi connectivity index (χ0v) is 9.79. The highest BCUT2D eigenvalue weighted by Gasteiger charge is 2.10. The van der Waals surface area contributed by atoms with Gasteiger partial charge < -0.3 is 4.74 Å². The molecule has 0 bridgehead atoms. The van der Waals surface area contributed by atoms with Crippen LogP contribution in [-0.2, 0) is 6.42 Å². The first-order valence-corrected chi connectivity index (χ1v) is 5.14. The molecule has 1 aromatic rings. The van der Waals surface area contributed by atoms with E-state index in [0.29, 0.717) is 0 Å². The van der Waals surface area contributed by atoms with Gasteiger partial charge in [0.15, 0.2) is 0 Å². The summed E-state index contributed by atoms with van der Waals surface area (Å²) in [7, 11) is 1.62. The molecule has 0 unspecified atom stereocenters. The van der Waals surface area contributed by atoms with Gasteiger partial charge in [-0.2, -0.15) is 0 Å². The summed E-state index contributed by atoms with van der Waals surface area (Å²) < 4.78 is 5.23. The lowest BCUT2D eigenvalue weighted by Crippen LogP contribution is -1.99. The molecule has 0 fully saturated rings. The molecule has 1 aromatic carbocycles. The van der Waals surface area contributed by atoms with Crippen LogP contribution in [0, 0.1) is 0 Å². The molecule has 70 valence electrons. The summed E-state index contributed by atoms with van der Waals surface area (Å²) in [5.74, 6) is 0.796. The van der Waals surface area contributed by atoms with Crippen LogP contribution in [-0.4, -0.2) is 10.9 Å². The Kier molecular flexibility index (Phi) is 3.71. The predicted octanol–water partition coefficient (Wildman–Crippen LogP) is 2.83. The van der Waals surface area contributed by atoms with E-state index in [1.807, 2.05) is 25.1 Å². The summed E-state index contributed by atoms with van der Waals surface area (Å²) in [4.78, 5) is 11.2. The molecular formula is C10H11IO2. The molecule has 0 atom stereocenters. The topological polar surface area (TPSA) is 26.3 Å². The molecule has 0 aliphatic heterocycles. The minimum atomic E-state index is 0.0633. The van der Waals surface area contributed by atoms with Crippen LogP contribution in [0.1, 0.15) is 22.8 Å². The summed E-state index contributed by atoms with van der Waals surface area (Å²) >= 11 is 1.80. The maximum atomic E-state index is 11.2. The molecule has 0 saturated carbocycles. The van der Waals surface area contributed by atoms with E-state index < -0.39 is 0 Å². The third-order valence-electron chi connectivity index (χ3n) is 1.92. The summed E-state index contributed by atoms with van der Waals surface area (Å²) in [6, 6.07) is 5.54. The zero-order chi connectivity index (χ0) is 9.84. The molecule has 13 heavy (non-hydrogen) atoms. The highest BCUT2D eigenvalue weighted by atomic mass is 127. The minimum absolute atomic E-state index is 0.0633. The molecular weight excluding hydrogens is 279 g/mol. The van der Waals surface area contributed by atoms with Crippen molar-refractivity contribution in [3.05, 3.63) is 29.3 Å². The van der Waals surface area contributed by atoms with Gasteiger partial charge in [0.2, 0.25) is 3.79 Å². The second kappa shape index (κ2) is 4.60. The first kappa shape index (κ1) is 10.5. The highest BCUT2D eigenvalue weighted by molar-refractivity contribution is 14.1. The molecule has 0 spiro atoms. The number of carbonyl (C=O) groups is 1. The number of hydrogen-bond acceptors (Lipinski definition) is 2. The second-order valence-corrected chi connectivity index (χ2v) is 3.59. The zero-order valence-electron chi connectivity index (χ0n) is 7.63. The number of benzene rings is 1. The third-order valence-corrected chi connectivity index (χ3v) is 2.50. The quantitative estimate of drug-likeness (QED) is 0.632. The van der Waals surface area contributed by atoms with Crippen LogP contribution < -0.4 is 4.74 Å². The average molecular weight is 290 g/mol. The van der Waals surface area contributed by atoms with Crippen LogP contribution in [0.5, 0.6) is 5.75 Å². The number of carbonyl (C=O) groups excluding carboxylic acids is 1. The van der Waals surface area contributed by atoms with E-state index in [1.165, 1.54) is 0 Å². The van der Waals surface area contributed by atoms with Crippen LogP contribution in [0.15, 0.2) is 18.2 Å². The van der Waals surface area contributed by atoms with Gasteiger partial charge in [0.05, 0.1) is 7.11 Å². The molecule has 0 N–H and O–H groups in total. The van der Waals surface area contributed by atoms with Crippen LogP contribution in [0.3, 0.4) is 0 Å². The molecule has 0 heterocycles. The summed E-state index contributed by atoms with van der Waals surface area (Å²) in [6.07, 6.45) is 0.814. The van der Waals surface area contributed by atoms with Gasteiger partial charge in [-0.25, -0.2) is 0 Å². The van der Waals surface area contributed by atoms with Crippen molar-refractivity contribution in [2.75, 3.05) is 7.11 Å². The lowest BCUT2D eigenvalue weighted by atomic mass is 10.1. The Morgan fingerprint density at radius 3 is 2.69 bits per heavy atom. The fourth-order valence-corrected chi connectivity index (χ4v) is 1.81. The number of rotatable bonds is 3. The summed E-state index contributed by atoms with van der Waals surface area (Å²) in [5, 5.41) is 0. The van der Waals surface area contributed by atoms with Crippen LogP contribution >= 0.6 is 22.6 Å². The monoisotopic (exact) mass is 290 g/mol. The normalized spacial score (nSPS) is 9.77. The SMILES string of the molecule is CCc1c(OC)cccc1C(=O)I. The molecule has 0 radical (unpaired) electrons. The molecule has 0 aromatic heterocycles. The van der Waals surface area contributed by atoms with Gasteiger partial charge in [-0.1, -0.05) is 19.1 Å². The number of hydrogen-bond donors (Lipinski definition) is 0. The maximum absolute atomic E-state index is 11.2. The van der Waals surface area contributed by atoms with Crippen molar-refractivity contribution in [1.82, 2.24) is 0 Å². The Morgan fingerprint density at radius 1 is 1.54 bits per heavy atom. The second-order valence-electron chi connectivity index (χ2n) is 2.61. The Labute approximate surface area is 91.4 Å². The van der Waals surface area contributed by atoms with Crippen molar-refractivity contribution in [2.24, 2.45) is 0 Å². The number of methoxy groups -OCH3 is 1. The predicted molar refractivity (Wildman–Crippen MR) is 60.7 cm³/mol. The lowest BCUT2D eigenvalue weighted by molar-refractivity contribution is 0.110. The van der Waals surface area contributed by atoms with Crippen LogP contribution in [0.2, 0.25) is 0 Å². The first-order valence-electron chi connectivity index (χ1n) is 4.06. The minimum Gasteiger partial charge on any atom is -0.496 e. The molecule has 1 rings (SSSR count). The molecule has 0 aliphatic carbocycles. The van der Waals surface area contributed by atoms with Crippen LogP contribution in [0.25, 0.3) is 0 Å². The van der Waals surface area contributed by atoms with Gasteiger partial charge in [0.1, 0.15) is 5.75 Å². The van der Waals surface area contributed by atoms with E-state index in [4.69, 9.17) is 4.74 Å². The van der Waals surface area contributed by atoms with E-state index >= 15 is 0 Å². The van der Waals surface area contributed by atoms with Crippen molar-refractivity contribution in [1.29, 1.82) is 0 Å². The molecule has 0 amide bonds. The fraction of sp³-hybridized carbons (Fsp3) is 0.300. The van der Waals surface area contributed by atoms with E-state index in [2.05, 4.69) is 0 Å². The van der Waals surface area contributed by atoms with Gasteiger partial charge in [-0.15, -0.1) is 0 Å². The van der Waals surface area contributed by atoms with Gasteiger partial charge in [0, 0.05) is 33.7 Å². The molecule has 0 aliphatic rings.